The maximum Gasteiger partial charge on any atom is 0.408 e. The van der Waals surface area contributed by atoms with Crippen molar-refractivity contribution in [3.63, 3.8) is 0 Å². The van der Waals surface area contributed by atoms with Crippen LogP contribution in [0.5, 0.6) is 11.6 Å². The van der Waals surface area contributed by atoms with Crippen molar-refractivity contribution in [2.75, 3.05) is 13.7 Å². The van der Waals surface area contributed by atoms with Gasteiger partial charge >= 0.3 is 6.09 Å². The summed E-state index contributed by atoms with van der Waals surface area (Å²) in [5.74, 6) is -1.61. The maximum atomic E-state index is 14.9. The molecule has 1 saturated heterocycles. The van der Waals surface area contributed by atoms with E-state index in [-0.39, 0.29) is 30.9 Å². The van der Waals surface area contributed by atoms with E-state index in [1.807, 2.05) is 31.2 Å². The molecule has 2 aliphatic heterocycles. The zero-order valence-electron chi connectivity index (χ0n) is 33.5. The van der Waals surface area contributed by atoms with E-state index in [0.717, 1.165) is 68.7 Å². The van der Waals surface area contributed by atoms with Gasteiger partial charge in [-0.2, -0.15) is 0 Å². The van der Waals surface area contributed by atoms with Crippen LogP contribution in [0.25, 0.3) is 10.9 Å². The van der Waals surface area contributed by atoms with Crippen LogP contribution in [0.1, 0.15) is 96.0 Å². The highest BCUT2D eigenvalue weighted by atomic mass is 32.2. The van der Waals surface area contributed by atoms with Gasteiger partial charge in [0.25, 0.3) is 5.91 Å². The van der Waals surface area contributed by atoms with Gasteiger partial charge in [0.2, 0.25) is 27.7 Å². The van der Waals surface area contributed by atoms with Gasteiger partial charge in [-0.1, -0.05) is 50.1 Å². The minimum absolute atomic E-state index is 0.0146. The van der Waals surface area contributed by atoms with E-state index in [9.17, 15) is 27.6 Å². The number of para-hydroxylation sites is 1. The molecule has 2 bridgehead atoms. The molecule has 58 heavy (non-hydrogen) atoms. The molecule has 314 valence electrons. The predicted molar refractivity (Wildman–Crippen MR) is 217 cm³/mol. The topological polar surface area (TPSA) is 182 Å². The molecule has 3 aliphatic carbocycles. The number of amides is 4. The Hall–Kier alpha value is -4.66. The number of fused-ring (bicyclic) bond motifs is 5. The Labute approximate surface area is 340 Å². The van der Waals surface area contributed by atoms with E-state index in [0.29, 0.717) is 42.8 Å². The highest BCUT2D eigenvalue weighted by Crippen LogP contribution is 2.38. The van der Waals surface area contributed by atoms with Crippen LogP contribution in [0.2, 0.25) is 0 Å². The molecule has 1 aromatic carbocycles. The third-order valence-corrected chi connectivity index (χ3v) is 14.5. The molecule has 14 nitrogen and oxygen atoms in total. The molecule has 4 amide bonds. The number of benzene rings is 1. The Morgan fingerprint density at radius 2 is 1.79 bits per heavy atom. The first-order valence-electron chi connectivity index (χ1n) is 21.0. The number of ether oxygens (including phenoxy) is 3. The summed E-state index contributed by atoms with van der Waals surface area (Å²) in [6.45, 7) is 5.65. The Morgan fingerprint density at radius 1 is 1.03 bits per heavy atom. The number of rotatable bonds is 10. The number of hydrogen-bond acceptors (Lipinski definition) is 10. The van der Waals surface area contributed by atoms with Crippen molar-refractivity contribution in [1.29, 1.82) is 0 Å². The third kappa shape index (κ3) is 9.14. The fraction of sp³-hybridized carbons (Fsp3) is 0.605. The SMILES string of the molecule is C=CC(CC)C(NC(=O)C1CC2CN1C(=O)C(C1CCCC1)NC(=O)OC1CCCC1CCC=CCc1c(nc3ccccc3c1OC)O2)C(=O)NS(=O)(=O)C1CC1. The molecule has 3 N–H and O–H groups in total. The van der Waals surface area contributed by atoms with E-state index < -0.39 is 69.2 Å². The number of sulfonamides is 1. The number of pyridine rings is 1. The number of carbonyl (C=O) groups is 4. The van der Waals surface area contributed by atoms with Gasteiger partial charge in [0, 0.05) is 17.7 Å². The van der Waals surface area contributed by atoms with E-state index >= 15 is 0 Å². The molecule has 15 heteroatoms. The normalized spacial score (nSPS) is 26.9. The van der Waals surface area contributed by atoms with Gasteiger partial charge in [-0.05, 0) is 94.6 Å². The zero-order chi connectivity index (χ0) is 41.0. The van der Waals surface area contributed by atoms with Crippen molar-refractivity contribution >= 4 is 44.7 Å². The molecule has 4 fully saturated rings. The second-order valence-corrected chi connectivity index (χ2v) is 18.4. The molecule has 7 unspecified atom stereocenters. The Bertz CT molecular complexity index is 2010. The molecule has 7 atom stereocenters. The summed E-state index contributed by atoms with van der Waals surface area (Å²) in [5.41, 5.74) is 1.39. The molecule has 1 aromatic heterocycles. The fourth-order valence-corrected chi connectivity index (χ4v) is 10.7. The van der Waals surface area contributed by atoms with Crippen molar-refractivity contribution in [3.8, 4) is 11.6 Å². The Morgan fingerprint density at radius 3 is 2.52 bits per heavy atom. The smallest absolute Gasteiger partial charge is 0.408 e. The molecule has 7 rings (SSSR count). The largest absolute Gasteiger partial charge is 0.496 e. The summed E-state index contributed by atoms with van der Waals surface area (Å²) >= 11 is 0. The number of methoxy groups -OCH3 is 1. The van der Waals surface area contributed by atoms with Gasteiger partial charge in [0.05, 0.1) is 30.0 Å². The summed E-state index contributed by atoms with van der Waals surface area (Å²) in [4.78, 5) is 63.1. The lowest BCUT2D eigenvalue weighted by Gasteiger charge is -2.32. The standard InChI is InChI=1S/C43H57N5O9S/c1-4-26(5-2)36(40(50)47-58(53,54)30-22-23-30)45-39(49)34-24-29-25-48(34)42(51)37(28-15-9-10-16-28)46-43(52)57-35-21-13-17-27(35)14-7-6-8-19-32-38(55-3)31-18-11-12-20-33(31)44-41(32)56-29/h4,6,8,11-12,18,20,26-30,34-37H,1,5,7,9-10,13-17,19,21-25H2,2-3H3,(H,45,49)(H,46,52)(H,47,50). The summed E-state index contributed by atoms with van der Waals surface area (Å²) in [5, 5.41) is 5.93. The van der Waals surface area contributed by atoms with Gasteiger partial charge < -0.3 is 29.7 Å². The predicted octanol–water partition coefficient (Wildman–Crippen LogP) is 5.24. The maximum absolute atomic E-state index is 14.9. The quantitative estimate of drug-likeness (QED) is 0.268. The first kappa shape index (κ1) is 41.5. The van der Waals surface area contributed by atoms with Crippen molar-refractivity contribution in [3.05, 3.63) is 54.6 Å². The zero-order valence-corrected chi connectivity index (χ0v) is 34.3. The summed E-state index contributed by atoms with van der Waals surface area (Å²) < 4.78 is 46.6. The third-order valence-electron chi connectivity index (χ3n) is 12.7. The number of carbonyl (C=O) groups excluding carboxylic acids is 4. The number of nitrogens with zero attached hydrogens (tertiary/aromatic N) is 2. The lowest BCUT2D eigenvalue weighted by molar-refractivity contribution is -0.142. The van der Waals surface area contributed by atoms with Crippen LogP contribution in [0.15, 0.2) is 49.1 Å². The lowest BCUT2D eigenvalue weighted by atomic mass is 9.95. The summed E-state index contributed by atoms with van der Waals surface area (Å²) in [7, 11) is -2.31. The van der Waals surface area contributed by atoms with Crippen LogP contribution >= 0.6 is 0 Å². The van der Waals surface area contributed by atoms with Crippen LogP contribution in [-0.4, -0.2) is 91.4 Å². The number of allylic oxidation sites excluding steroid dienone is 2. The van der Waals surface area contributed by atoms with E-state index in [2.05, 4.69) is 34.1 Å². The molecule has 3 heterocycles. The minimum Gasteiger partial charge on any atom is -0.496 e. The highest BCUT2D eigenvalue weighted by molar-refractivity contribution is 7.90. The van der Waals surface area contributed by atoms with Gasteiger partial charge in [0.1, 0.15) is 36.1 Å². The second kappa shape index (κ2) is 18.1. The highest BCUT2D eigenvalue weighted by Gasteiger charge is 2.47. The average molecular weight is 820 g/mol. The Kier molecular flexibility index (Phi) is 12.9. The van der Waals surface area contributed by atoms with Crippen LogP contribution in [0.3, 0.4) is 0 Å². The number of aromatic nitrogens is 1. The van der Waals surface area contributed by atoms with Crippen molar-refractivity contribution in [2.24, 2.45) is 17.8 Å². The van der Waals surface area contributed by atoms with E-state index in [1.165, 1.54) is 11.0 Å². The Balaban J connectivity index is 1.26. The monoisotopic (exact) mass is 819 g/mol. The molecular formula is C43H57N5O9S. The van der Waals surface area contributed by atoms with Gasteiger partial charge in [-0.3, -0.25) is 19.1 Å². The van der Waals surface area contributed by atoms with E-state index in [1.54, 1.807) is 7.11 Å². The summed E-state index contributed by atoms with van der Waals surface area (Å²) in [6, 6.07) is 4.24. The fourth-order valence-electron chi connectivity index (χ4n) is 9.33. The molecule has 3 saturated carbocycles. The summed E-state index contributed by atoms with van der Waals surface area (Å²) in [6.07, 6.45) is 13.4. The van der Waals surface area contributed by atoms with Crippen molar-refractivity contribution in [2.45, 2.75) is 132 Å². The van der Waals surface area contributed by atoms with Crippen LogP contribution in [0, 0.1) is 17.8 Å². The first-order chi connectivity index (χ1) is 28.0. The number of nitrogens with one attached hydrogen (secondary N) is 3. The first-order valence-corrected chi connectivity index (χ1v) is 22.6. The average Bonchev–Trinajstić information content (AvgIpc) is 3.54. The lowest BCUT2D eigenvalue weighted by Crippen LogP contribution is -2.59. The molecule has 0 spiro atoms. The van der Waals surface area contributed by atoms with Crippen LogP contribution < -0.4 is 24.8 Å². The van der Waals surface area contributed by atoms with Gasteiger partial charge in [-0.15, -0.1) is 6.58 Å². The minimum atomic E-state index is -3.92. The van der Waals surface area contributed by atoms with Gasteiger partial charge in [0.15, 0.2) is 0 Å². The van der Waals surface area contributed by atoms with Crippen molar-refractivity contribution in [1.82, 2.24) is 25.2 Å². The molecule has 0 radical (unpaired) electrons. The number of hydrogen-bond donors (Lipinski definition) is 3. The van der Waals surface area contributed by atoms with Crippen LogP contribution in [-0.2, 0) is 35.6 Å². The van der Waals surface area contributed by atoms with Gasteiger partial charge in [-0.25, -0.2) is 18.2 Å². The van der Waals surface area contributed by atoms with Crippen molar-refractivity contribution < 1.29 is 41.8 Å². The van der Waals surface area contributed by atoms with Crippen LogP contribution in [0.4, 0.5) is 4.79 Å². The molecule has 2 aromatic rings. The second-order valence-electron chi connectivity index (χ2n) is 16.5. The number of alkyl carbamates (subject to hydrolysis) is 1. The van der Waals surface area contributed by atoms with E-state index in [4.69, 9.17) is 19.2 Å². The molecule has 5 aliphatic rings. The molecular weight excluding hydrogens is 763 g/mol.